The minimum Gasteiger partial charge on any atom is -0.383 e. The van der Waals surface area contributed by atoms with Gasteiger partial charge in [0.25, 0.3) is 0 Å². The molecule has 1 rings (SSSR count). The van der Waals surface area contributed by atoms with Crippen LogP contribution in [-0.2, 0) is 0 Å². The van der Waals surface area contributed by atoms with Crippen molar-refractivity contribution in [3.63, 3.8) is 0 Å². The van der Waals surface area contributed by atoms with Crippen LogP contribution in [0.25, 0.3) is 0 Å². The molecule has 96 valence electrons. The summed E-state index contributed by atoms with van der Waals surface area (Å²) in [6.07, 6.45) is 4.00. The van der Waals surface area contributed by atoms with Gasteiger partial charge in [0.05, 0.1) is 0 Å². The van der Waals surface area contributed by atoms with Crippen molar-refractivity contribution in [1.29, 1.82) is 0 Å². The maximum absolute atomic E-state index is 5.94. The number of aromatic nitrogens is 1. The fraction of sp³-hybridized carbons (Fsp3) is 0.643. The van der Waals surface area contributed by atoms with Crippen LogP contribution in [0.5, 0.6) is 0 Å². The van der Waals surface area contributed by atoms with Gasteiger partial charge in [0.2, 0.25) is 0 Å². The normalized spacial score (nSPS) is 13.6. The first kappa shape index (κ1) is 14.0. The minimum atomic E-state index is 0.313. The number of rotatable bonds is 5. The molecule has 3 heteroatoms. The molecule has 1 atom stereocenters. The molecule has 0 saturated heterocycles. The van der Waals surface area contributed by atoms with E-state index in [0.717, 1.165) is 18.5 Å². The minimum absolute atomic E-state index is 0.313. The van der Waals surface area contributed by atoms with Gasteiger partial charge in [0, 0.05) is 17.8 Å². The first-order valence-corrected chi connectivity index (χ1v) is 6.38. The number of nitrogens with two attached hydrogens (primary N) is 1. The van der Waals surface area contributed by atoms with Crippen LogP contribution in [0, 0.1) is 5.41 Å². The Bertz CT molecular complexity index is 342. The molecule has 0 bridgehead atoms. The van der Waals surface area contributed by atoms with E-state index in [1.54, 1.807) is 6.20 Å². The molecule has 17 heavy (non-hydrogen) atoms. The highest BCUT2D eigenvalue weighted by molar-refractivity contribution is 5.40. The third-order valence-electron chi connectivity index (χ3n) is 2.88. The fourth-order valence-corrected chi connectivity index (χ4v) is 1.92. The number of hydrogen-bond donors (Lipinski definition) is 2. The second-order valence-corrected chi connectivity index (χ2v) is 5.69. The van der Waals surface area contributed by atoms with Crippen LogP contribution in [0.3, 0.4) is 0 Å². The highest BCUT2D eigenvalue weighted by atomic mass is 14.9. The van der Waals surface area contributed by atoms with Crippen LogP contribution in [-0.4, -0.2) is 11.5 Å². The summed E-state index contributed by atoms with van der Waals surface area (Å²) in [7, 11) is 0. The van der Waals surface area contributed by atoms with E-state index in [0.29, 0.717) is 17.3 Å². The third kappa shape index (κ3) is 4.73. The zero-order valence-electron chi connectivity index (χ0n) is 11.5. The van der Waals surface area contributed by atoms with E-state index in [4.69, 9.17) is 5.73 Å². The van der Waals surface area contributed by atoms with Crippen LogP contribution in [0.1, 0.15) is 52.1 Å². The van der Waals surface area contributed by atoms with Crippen molar-refractivity contribution >= 4 is 5.82 Å². The summed E-state index contributed by atoms with van der Waals surface area (Å²) in [4.78, 5) is 4.16. The zero-order valence-corrected chi connectivity index (χ0v) is 11.5. The van der Waals surface area contributed by atoms with Crippen LogP contribution >= 0.6 is 0 Å². The Balaban J connectivity index is 2.75. The molecule has 1 heterocycles. The predicted molar refractivity (Wildman–Crippen MR) is 73.8 cm³/mol. The van der Waals surface area contributed by atoms with E-state index < -0.39 is 0 Å². The lowest BCUT2D eigenvalue weighted by atomic mass is 9.87. The lowest BCUT2D eigenvalue weighted by Gasteiger charge is -2.24. The maximum atomic E-state index is 5.94. The second-order valence-electron chi connectivity index (χ2n) is 5.69. The molecule has 1 aromatic rings. The van der Waals surface area contributed by atoms with Crippen LogP contribution in [0.2, 0.25) is 0 Å². The molecule has 0 amide bonds. The summed E-state index contributed by atoms with van der Waals surface area (Å²) in [5, 5.41) is 3.49. The number of hydrogen-bond acceptors (Lipinski definition) is 3. The average molecular weight is 235 g/mol. The van der Waals surface area contributed by atoms with Gasteiger partial charge in [0.1, 0.15) is 5.82 Å². The van der Waals surface area contributed by atoms with E-state index in [2.05, 4.69) is 44.1 Å². The monoisotopic (exact) mass is 235 g/mol. The summed E-state index contributed by atoms with van der Waals surface area (Å²) in [5.74, 6) is 0.646. The lowest BCUT2D eigenvalue weighted by Crippen LogP contribution is -2.23. The molecule has 0 fully saturated rings. The summed E-state index contributed by atoms with van der Waals surface area (Å²) >= 11 is 0. The summed E-state index contributed by atoms with van der Waals surface area (Å²) in [6.45, 7) is 9.87. The van der Waals surface area contributed by atoms with Gasteiger partial charge in [-0.1, -0.05) is 33.8 Å². The van der Waals surface area contributed by atoms with Crippen molar-refractivity contribution in [2.24, 2.45) is 5.41 Å². The Morgan fingerprint density at radius 2 is 2.12 bits per heavy atom. The standard InChI is InChI=1S/C14H25N3/c1-5-16-12(8-9-14(2,3)4)11-7-6-10-17-13(11)15/h6-7,10,12,16H,5,8-9H2,1-4H3,(H2,15,17). The number of nitrogens with zero attached hydrogens (tertiary/aromatic N) is 1. The molecular formula is C14H25N3. The van der Waals surface area contributed by atoms with Crippen LogP contribution in [0.4, 0.5) is 5.82 Å². The first-order valence-electron chi connectivity index (χ1n) is 6.38. The molecule has 1 aromatic heterocycles. The molecular weight excluding hydrogens is 210 g/mol. The molecule has 0 aliphatic rings. The topological polar surface area (TPSA) is 50.9 Å². The van der Waals surface area contributed by atoms with Crippen molar-refractivity contribution in [1.82, 2.24) is 10.3 Å². The molecule has 0 radical (unpaired) electrons. The Labute approximate surface area is 105 Å². The zero-order chi connectivity index (χ0) is 12.9. The van der Waals surface area contributed by atoms with Crippen molar-refractivity contribution in [2.75, 3.05) is 12.3 Å². The maximum Gasteiger partial charge on any atom is 0.128 e. The van der Waals surface area contributed by atoms with Crippen molar-refractivity contribution in [3.8, 4) is 0 Å². The summed E-state index contributed by atoms with van der Waals surface area (Å²) < 4.78 is 0. The van der Waals surface area contributed by atoms with E-state index in [1.807, 2.05) is 6.07 Å². The highest BCUT2D eigenvalue weighted by Gasteiger charge is 2.17. The number of nitrogens with one attached hydrogen (secondary N) is 1. The van der Waals surface area contributed by atoms with Crippen LogP contribution < -0.4 is 11.1 Å². The van der Waals surface area contributed by atoms with Crippen molar-refractivity contribution in [3.05, 3.63) is 23.9 Å². The van der Waals surface area contributed by atoms with Gasteiger partial charge in [-0.2, -0.15) is 0 Å². The number of nitrogen functional groups attached to an aromatic ring is 1. The summed E-state index contributed by atoms with van der Waals surface area (Å²) in [5.41, 5.74) is 7.42. The Morgan fingerprint density at radius 1 is 1.41 bits per heavy atom. The lowest BCUT2D eigenvalue weighted by molar-refractivity contribution is 0.334. The molecule has 1 unspecified atom stereocenters. The fourth-order valence-electron chi connectivity index (χ4n) is 1.92. The average Bonchev–Trinajstić information content (AvgIpc) is 2.24. The van der Waals surface area contributed by atoms with E-state index >= 15 is 0 Å². The molecule has 3 N–H and O–H groups in total. The van der Waals surface area contributed by atoms with Crippen molar-refractivity contribution < 1.29 is 0 Å². The molecule has 0 aliphatic heterocycles. The Kier molecular flexibility index (Phi) is 4.94. The van der Waals surface area contributed by atoms with Crippen LogP contribution in [0.15, 0.2) is 18.3 Å². The quantitative estimate of drug-likeness (QED) is 0.824. The molecule has 3 nitrogen and oxygen atoms in total. The third-order valence-corrected chi connectivity index (χ3v) is 2.88. The van der Waals surface area contributed by atoms with Gasteiger partial charge in [0.15, 0.2) is 0 Å². The smallest absolute Gasteiger partial charge is 0.128 e. The molecule has 0 aromatic carbocycles. The SMILES string of the molecule is CCNC(CCC(C)(C)C)c1cccnc1N. The molecule has 0 saturated carbocycles. The first-order chi connectivity index (χ1) is 7.94. The van der Waals surface area contributed by atoms with Gasteiger partial charge in [-0.05, 0) is 30.9 Å². The van der Waals surface area contributed by atoms with Gasteiger partial charge >= 0.3 is 0 Å². The Morgan fingerprint density at radius 3 is 2.65 bits per heavy atom. The molecule has 0 aliphatic carbocycles. The largest absolute Gasteiger partial charge is 0.383 e. The van der Waals surface area contributed by atoms with Gasteiger partial charge in [-0.3, -0.25) is 0 Å². The van der Waals surface area contributed by atoms with Gasteiger partial charge in [-0.25, -0.2) is 4.98 Å². The molecule has 0 spiro atoms. The van der Waals surface area contributed by atoms with Gasteiger partial charge in [-0.15, -0.1) is 0 Å². The predicted octanol–water partition coefficient (Wildman–Crippen LogP) is 3.14. The highest BCUT2D eigenvalue weighted by Crippen LogP contribution is 2.28. The second kappa shape index (κ2) is 6.01. The number of pyridine rings is 1. The van der Waals surface area contributed by atoms with E-state index in [-0.39, 0.29) is 0 Å². The van der Waals surface area contributed by atoms with E-state index in [1.165, 1.54) is 6.42 Å². The van der Waals surface area contributed by atoms with E-state index in [9.17, 15) is 0 Å². The number of anilines is 1. The Hall–Kier alpha value is -1.09. The van der Waals surface area contributed by atoms with Gasteiger partial charge < -0.3 is 11.1 Å². The summed E-state index contributed by atoms with van der Waals surface area (Å²) in [6, 6.07) is 4.33. The van der Waals surface area contributed by atoms with Crippen molar-refractivity contribution in [2.45, 2.75) is 46.6 Å².